The van der Waals surface area contributed by atoms with Crippen molar-refractivity contribution in [2.24, 2.45) is 5.73 Å². The molecule has 0 saturated heterocycles. The Bertz CT molecular complexity index is 297. The van der Waals surface area contributed by atoms with Crippen LogP contribution >= 0.6 is 24.8 Å². The molecule has 1 aromatic carbocycles. The quantitative estimate of drug-likeness (QED) is 0.733. The maximum absolute atomic E-state index is 6.19. The van der Waals surface area contributed by atoms with Gasteiger partial charge in [-0.1, -0.05) is 24.3 Å². The third-order valence-corrected chi connectivity index (χ3v) is 2.77. The Morgan fingerprint density at radius 2 is 1.86 bits per heavy atom. The van der Waals surface area contributed by atoms with Crippen LogP contribution in [-0.4, -0.2) is 0 Å². The van der Waals surface area contributed by atoms with Crippen LogP contribution in [-0.2, 0) is 12.0 Å². The summed E-state index contributed by atoms with van der Waals surface area (Å²) in [5.74, 6) is 0. The van der Waals surface area contributed by atoms with E-state index < -0.39 is 0 Å². The second-order valence-corrected chi connectivity index (χ2v) is 3.93. The number of halogens is 2. The third-order valence-electron chi connectivity index (χ3n) is 2.77. The van der Waals surface area contributed by atoms with E-state index in [-0.39, 0.29) is 30.4 Å². The third kappa shape index (κ3) is 2.41. The Morgan fingerprint density at radius 1 is 1.21 bits per heavy atom. The van der Waals surface area contributed by atoms with Gasteiger partial charge in [-0.2, -0.15) is 0 Å². The van der Waals surface area contributed by atoms with E-state index in [1.165, 1.54) is 24.0 Å². The Labute approximate surface area is 97.9 Å². The molecule has 80 valence electrons. The highest BCUT2D eigenvalue weighted by atomic mass is 35.5. The SMILES string of the molecule is CC1(N)CCCc2ccccc21.Cl.Cl. The minimum Gasteiger partial charge on any atom is -0.322 e. The maximum Gasteiger partial charge on any atom is 0.0383 e. The van der Waals surface area contributed by atoms with E-state index in [0.717, 1.165) is 6.42 Å². The Morgan fingerprint density at radius 3 is 2.50 bits per heavy atom. The molecule has 1 aliphatic carbocycles. The van der Waals surface area contributed by atoms with E-state index in [9.17, 15) is 0 Å². The molecule has 0 bridgehead atoms. The zero-order valence-electron chi connectivity index (χ0n) is 8.32. The van der Waals surface area contributed by atoms with E-state index >= 15 is 0 Å². The van der Waals surface area contributed by atoms with Crippen molar-refractivity contribution in [3.05, 3.63) is 35.4 Å². The summed E-state index contributed by atoms with van der Waals surface area (Å²) >= 11 is 0. The molecule has 0 aromatic heterocycles. The van der Waals surface area contributed by atoms with Crippen LogP contribution in [0.4, 0.5) is 0 Å². The van der Waals surface area contributed by atoms with Gasteiger partial charge < -0.3 is 5.73 Å². The molecule has 0 radical (unpaired) electrons. The van der Waals surface area contributed by atoms with Crippen molar-refractivity contribution in [2.45, 2.75) is 31.7 Å². The second-order valence-electron chi connectivity index (χ2n) is 3.93. The smallest absolute Gasteiger partial charge is 0.0383 e. The molecule has 0 spiro atoms. The van der Waals surface area contributed by atoms with Gasteiger partial charge in [0.2, 0.25) is 0 Å². The molecule has 2 rings (SSSR count). The van der Waals surface area contributed by atoms with Gasteiger partial charge in [0, 0.05) is 5.54 Å². The van der Waals surface area contributed by atoms with Crippen LogP contribution in [0.15, 0.2) is 24.3 Å². The van der Waals surface area contributed by atoms with Crippen molar-refractivity contribution in [3.8, 4) is 0 Å². The van der Waals surface area contributed by atoms with Crippen LogP contribution in [0.1, 0.15) is 30.9 Å². The van der Waals surface area contributed by atoms with Gasteiger partial charge in [0.15, 0.2) is 0 Å². The number of aryl methyl sites for hydroxylation is 1. The zero-order chi connectivity index (χ0) is 8.60. The summed E-state index contributed by atoms with van der Waals surface area (Å²) in [7, 11) is 0. The molecule has 2 N–H and O–H groups in total. The number of fused-ring (bicyclic) bond motifs is 1. The largest absolute Gasteiger partial charge is 0.322 e. The Balaban J connectivity index is 0.000000845. The first-order valence-corrected chi connectivity index (χ1v) is 4.57. The minimum atomic E-state index is -0.0884. The van der Waals surface area contributed by atoms with Gasteiger partial charge in [0.25, 0.3) is 0 Å². The highest BCUT2D eigenvalue weighted by Crippen LogP contribution is 2.32. The monoisotopic (exact) mass is 233 g/mol. The fourth-order valence-corrected chi connectivity index (χ4v) is 2.08. The maximum atomic E-state index is 6.19. The summed E-state index contributed by atoms with van der Waals surface area (Å²) in [6.07, 6.45) is 3.54. The normalized spacial score (nSPS) is 24.1. The van der Waals surface area contributed by atoms with Crippen LogP contribution in [0.2, 0.25) is 0 Å². The predicted molar refractivity (Wildman–Crippen MR) is 65.4 cm³/mol. The molecule has 0 saturated carbocycles. The molecule has 0 amide bonds. The molecule has 14 heavy (non-hydrogen) atoms. The molecular formula is C11H17Cl2N. The van der Waals surface area contributed by atoms with E-state index in [0.29, 0.717) is 0 Å². The average Bonchev–Trinajstić information content (AvgIpc) is 2.04. The van der Waals surface area contributed by atoms with Crippen molar-refractivity contribution in [1.82, 2.24) is 0 Å². The van der Waals surface area contributed by atoms with Crippen LogP contribution in [0, 0.1) is 0 Å². The fraction of sp³-hybridized carbons (Fsp3) is 0.455. The molecule has 0 heterocycles. The molecule has 0 aliphatic heterocycles. The first kappa shape index (κ1) is 13.8. The standard InChI is InChI=1S/C11H15N.2ClH/c1-11(12)8-4-6-9-5-2-3-7-10(9)11;;/h2-3,5,7H,4,6,8,12H2,1H3;2*1H. The predicted octanol–water partition coefficient (Wildman–Crippen LogP) is 3.04. The molecule has 0 fully saturated rings. The minimum absolute atomic E-state index is 0. The summed E-state index contributed by atoms with van der Waals surface area (Å²) in [5.41, 5.74) is 8.88. The molecular weight excluding hydrogens is 217 g/mol. The molecule has 1 unspecified atom stereocenters. The first-order chi connectivity index (χ1) is 5.70. The van der Waals surface area contributed by atoms with Gasteiger partial charge >= 0.3 is 0 Å². The van der Waals surface area contributed by atoms with Crippen LogP contribution in [0.3, 0.4) is 0 Å². The number of hydrogen-bond donors (Lipinski definition) is 1. The van der Waals surface area contributed by atoms with E-state index in [2.05, 4.69) is 31.2 Å². The van der Waals surface area contributed by atoms with Gasteiger partial charge in [-0.25, -0.2) is 0 Å². The van der Waals surface area contributed by atoms with Crippen LogP contribution in [0.25, 0.3) is 0 Å². The number of nitrogens with two attached hydrogens (primary N) is 1. The zero-order valence-corrected chi connectivity index (χ0v) is 9.96. The number of hydrogen-bond acceptors (Lipinski definition) is 1. The lowest BCUT2D eigenvalue weighted by atomic mass is 9.79. The Hall–Kier alpha value is -0.240. The van der Waals surface area contributed by atoms with Gasteiger partial charge in [0.1, 0.15) is 0 Å². The number of benzene rings is 1. The fourth-order valence-electron chi connectivity index (χ4n) is 2.08. The van der Waals surface area contributed by atoms with E-state index in [1.54, 1.807) is 0 Å². The highest BCUT2D eigenvalue weighted by molar-refractivity contribution is 5.85. The molecule has 3 heteroatoms. The highest BCUT2D eigenvalue weighted by Gasteiger charge is 2.26. The van der Waals surface area contributed by atoms with E-state index in [4.69, 9.17) is 5.73 Å². The van der Waals surface area contributed by atoms with Gasteiger partial charge in [-0.15, -0.1) is 24.8 Å². The summed E-state index contributed by atoms with van der Waals surface area (Å²) in [6.45, 7) is 2.13. The first-order valence-electron chi connectivity index (χ1n) is 4.57. The molecule has 1 nitrogen and oxygen atoms in total. The average molecular weight is 234 g/mol. The Kier molecular flexibility index (Phi) is 4.93. The molecule has 1 aliphatic rings. The van der Waals surface area contributed by atoms with Gasteiger partial charge in [0.05, 0.1) is 0 Å². The molecule has 1 atom stereocenters. The molecule has 1 aromatic rings. The lowest BCUT2D eigenvalue weighted by Crippen LogP contribution is -2.36. The van der Waals surface area contributed by atoms with E-state index in [1.807, 2.05) is 0 Å². The summed E-state index contributed by atoms with van der Waals surface area (Å²) in [5, 5.41) is 0. The topological polar surface area (TPSA) is 26.0 Å². The van der Waals surface area contributed by atoms with Crippen molar-refractivity contribution in [2.75, 3.05) is 0 Å². The summed E-state index contributed by atoms with van der Waals surface area (Å²) in [6, 6.07) is 8.53. The van der Waals surface area contributed by atoms with Crippen molar-refractivity contribution in [1.29, 1.82) is 0 Å². The van der Waals surface area contributed by atoms with Crippen molar-refractivity contribution in [3.63, 3.8) is 0 Å². The van der Waals surface area contributed by atoms with Crippen LogP contribution in [0.5, 0.6) is 0 Å². The second kappa shape index (κ2) is 5.01. The lowest BCUT2D eigenvalue weighted by Gasteiger charge is -2.32. The van der Waals surface area contributed by atoms with Crippen LogP contribution < -0.4 is 5.73 Å². The van der Waals surface area contributed by atoms with Gasteiger partial charge in [-0.05, 0) is 37.3 Å². The van der Waals surface area contributed by atoms with Gasteiger partial charge in [-0.3, -0.25) is 0 Å². The van der Waals surface area contributed by atoms with Crippen molar-refractivity contribution < 1.29 is 0 Å². The van der Waals surface area contributed by atoms with Crippen molar-refractivity contribution >= 4 is 24.8 Å². The summed E-state index contributed by atoms with van der Waals surface area (Å²) < 4.78 is 0. The summed E-state index contributed by atoms with van der Waals surface area (Å²) in [4.78, 5) is 0. The lowest BCUT2D eigenvalue weighted by molar-refractivity contribution is 0.409. The number of rotatable bonds is 0.